The highest BCUT2D eigenvalue weighted by molar-refractivity contribution is 5.04. The minimum Gasteiger partial charge on any atom is -0.329 e. The van der Waals surface area contributed by atoms with Crippen LogP contribution in [-0.2, 0) is 0 Å². The Labute approximate surface area is 113 Å². The molecule has 0 radical (unpaired) electrons. The largest absolute Gasteiger partial charge is 0.329 e. The van der Waals surface area contributed by atoms with E-state index in [2.05, 4.69) is 25.7 Å². The highest BCUT2D eigenvalue weighted by Gasteiger charge is 2.47. The summed E-state index contributed by atoms with van der Waals surface area (Å²) in [5.41, 5.74) is 7.12. The second kappa shape index (κ2) is 5.50. The van der Waals surface area contributed by atoms with E-state index in [0.717, 1.165) is 12.5 Å². The van der Waals surface area contributed by atoms with Crippen LogP contribution in [0.5, 0.6) is 0 Å². The number of hydrogen-bond donors (Lipinski definition) is 1. The smallest absolute Gasteiger partial charge is 0.0359 e. The molecule has 1 atom stereocenters. The molecular formula is C16H32N2. The van der Waals surface area contributed by atoms with Gasteiger partial charge in [-0.2, -0.15) is 0 Å². The number of nitrogens with zero attached hydrogens (tertiary/aromatic N) is 1. The summed E-state index contributed by atoms with van der Waals surface area (Å²) in [4.78, 5) is 2.78. The molecule has 1 aliphatic heterocycles. The molecule has 2 aliphatic rings. The van der Waals surface area contributed by atoms with Crippen LogP contribution in [0.2, 0.25) is 0 Å². The Balaban J connectivity index is 2.10. The van der Waals surface area contributed by atoms with Crippen LogP contribution in [0.4, 0.5) is 0 Å². The van der Waals surface area contributed by atoms with Crippen molar-refractivity contribution >= 4 is 0 Å². The van der Waals surface area contributed by atoms with Gasteiger partial charge >= 0.3 is 0 Å². The van der Waals surface area contributed by atoms with E-state index < -0.39 is 0 Å². The fourth-order valence-corrected chi connectivity index (χ4v) is 3.94. The maximum atomic E-state index is 6.24. The van der Waals surface area contributed by atoms with Gasteiger partial charge in [0.1, 0.15) is 0 Å². The van der Waals surface area contributed by atoms with E-state index in [4.69, 9.17) is 5.73 Å². The van der Waals surface area contributed by atoms with Gasteiger partial charge in [-0.3, -0.25) is 4.90 Å². The van der Waals surface area contributed by atoms with E-state index in [1.54, 1.807) is 0 Å². The molecule has 1 saturated carbocycles. The van der Waals surface area contributed by atoms with Crippen molar-refractivity contribution in [3.05, 3.63) is 0 Å². The first kappa shape index (κ1) is 14.3. The zero-order chi connectivity index (χ0) is 13.2. The average molecular weight is 252 g/mol. The van der Waals surface area contributed by atoms with E-state index >= 15 is 0 Å². The summed E-state index contributed by atoms with van der Waals surface area (Å²) in [5.74, 6) is 0.892. The molecule has 2 N–H and O–H groups in total. The van der Waals surface area contributed by atoms with Crippen LogP contribution in [0, 0.1) is 11.3 Å². The topological polar surface area (TPSA) is 29.3 Å². The van der Waals surface area contributed by atoms with Gasteiger partial charge in [0.15, 0.2) is 0 Å². The SMILES string of the molecule is CCCC(CN)(C1CC1)N1CCCC(C)(C)CC1. The van der Waals surface area contributed by atoms with Crippen LogP contribution in [0.1, 0.15) is 65.7 Å². The Bertz CT molecular complexity index is 270. The lowest BCUT2D eigenvalue weighted by Gasteiger charge is -2.44. The van der Waals surface area contributed by atoms with Crippen molar-refractivity contribution in [1.29, 1.82) is 0 Å². The summed E-state index contributed by atoms with van der Waals surface area (Å²) >= 11 is 0. The lowest BCUT2D eigenvalue weighted by molar-refractivity contribution is 0.0635. The van der Waals surface area contributed by atoms with E-state index in [-0.39, 0.29) is 0 Å². The van der Waals surface area contributed by atoms with E-state index in [0.29, 0.717) is 11.0 Å². The number of rotatable bonds is 5. The first-order chi connectivity index (χ1) is 8.54. The second-order valence-corrected chi connectivity index (χ2v) is 7.34. The molecule has 1 unspecified atom stereocenters. The summed E-state index contributed by atoms with van der Waals surface area (Å²) in [6.07, 6.45) is 9.47. The number of likely N-dealkylation sites (tertiary alicyclic amines) is 1. The van der Waals surface area contributed by atoms with Gasteiger partial charge in [0, 0.05) is 12.1 Å². The maximum absolute atomic E-state index is 6.24. The molecule has 2 fully saturated rings. The predicted octanol–water partition coefficient (Wildman–Crippen LogP) is 3.41. The second-order valence-electron chi connectivity index (χ2n) is 7.34. The van der Waals surface area contributed by atoms with Crippen molar-refractivity contribution in [2.75, 3.05) is 19.6 Å². The molecule has 2 heteroatoms. The molecule has 1 aliphatic carbocycles. The lowest BCUT2D eigenvalue weighted by Crippen LogP contribution is -2.56. The van der Waals surface area contributed by atoms with Gasteiger partial charge in [-0.1, -0.05) is 27.2 Å². The Kier molecular flexibility index (Phi) is 4.38. The summed E-state index contributed by atoms with van der Waals surface area (Å²) in [6.45, 7) is 10.6. The lowest BCUT2D eigenvalue weighted by atomic mass is 9.84. The predicted molar refractivity (Wildman–Crippen MR) is 78.6 cm³/mol. The zero-order valence-electron chi connectivity index (χ0n) is 12.7. The van der Waals surface area contributed by atoms with Crippen molar-refractivity contribution in [2.45, 2.75) is 71.3 Å². The monoisotopic (exact) mass is 252 g/mol. The van der Waals surface area contributed by atoms with Gasteiger partial charge in [0.2, 0.25) is 0 Å². The van der Waals surface area contributed by atoms with E-state index in [1.807, 2.05) is 0 Å². The average Bonchev–Trinajstić information content (AvgIpc) is 3.14. The summed E-state index contributed by atoms with van der Waals surface area (Å²) < 4.78 is 0. The van der Waals surface area contributed by atoms with Crippen LogP contribution in [0.3, 0.4) is 0 Å². The van der Waals surface area contributed by atoms with Gasteiger partial charge in [0.05, 0.1) is 0 Å². The molecule has 0 amide bonds. The molecule has 0 aromatic carbocycles. The quantitative estimate of drug-likeness (QED) is 0.812. The van der Waals surface area contributed by atoms with Crippen molar-refractivity contribution in [3.63, 3.8) is 0 Å². The zero-order valence-corrected chi connectivity index (χ0v) is 12.7. The van der Waals surface area contributed by atoms with Crippen LogP contribution in [0.25, 0.3) is 0 Å². The molecule has 106 valence electrons. The van der Waals surface area contributed by atoms with Crippen molar-refractivity contribution in [1.82, 2.24) is 4.90 Å². The van der Waals surface area contributed by atoms with Gasteiger partial charge in [0.25, 0.3) is 0 Å². The van der Waals surface area contributed by atoms with Crippen LogP contribution in [0.15, 0.2) is 0 Å². The summed E-state index contributed by atoms with van der Waals surface area (Å²) in [5, 5.41) is 0. The molecule has 2 rings (SSSR count). The molecule has 1 saturated heterocycles. The first-order valence-corrected chi connectivity index (χ1v) is 7.99. The fourth-order valence-electron chi connectivity index (χ4n) is 3.94. The number of hydrogen-bond acceptors (Lipinski definition) is 2. The first-order valence-electron chi connectivity index (χ1n) is 7.99. The molecular weight excluding hydrogens is 220 g/mol. The molecule has 0 aromatic heterocycles. The normalized spacial score (nSPS) is 28.7. The minimum absolute atomic E-state index is 0.342. The molecule has 0 aromatic rings. The van der Waals surface area contributed by atoms with Crippen LogP contribution < -0.4 is 5.73 Å². The molecule has 18 heavy (non-hydrogen) atoms. The van der Waals surface area contributed by atoms with Crippen LogP contribution in [-0.4, -0.2) is 30.1 Å². The molecule has 0 bridgehead atoms. The Morgan fingerprint density at radius 2 is 1.94 bits per heavy atom. The molecule has 0 spiro atoms. The fraction of sp³-hybridized carbons (Fsp3) is 1.00. The van der Waals surface area contributed by atoms with Crippen molar-refractivity contribution < 1.29 is 0 Å². The Morgan fingerprint density at radius 3 is 2.50 bits per heavy atom. The highest BCUT2D eigenvalue weighted by atomic mass is 15.2. The van der Waals surface area contributed by atoms with Gasteiger partial charge in [-0.05, 0) is 62.9 Å². The summed E-state index contributed by atoms with van der Waals surface area (Å²) in [7, 11) is 0. The maximum Gasteiger partial charge on any atom is 0.0359 e. The van der Waals surface area contributed by atoms with Crippen molar-refractivity contribution in [2.24, 2.45) is 17.1 Å². The van der Waals surface area contributed by atoms with Crippen LogP contribution >= 0.6 is 0 Å². The molecule has 2 nitrogen and oxygen atoms in total. The minimum atomic E-state index is 0.342. The molecule has 1 heterocycles. The third-order valence-corrected chi connectivity index (χ3v) is 5.34. The van der Waals surface area contributed by atoms with Gasteiger partial charge in [-0.15, -0.1) is 0 Å². The Morgan fingerprint density at radius 1 is 1.22 bits per heavy atom. The third-order valence-electron chi connectivity index (χ3n) is 5.34. The van der Waals surface area contributed by atoms with E-state index in [1.165, 1.54) is 58.0 Å². The Hall–Kier alpha value is -0.0800. The highest BCUT2D eigenvalue weighted by Crippen LogP contribution is 2.46. The van der Waals surface area contributed by atoms with Crippen molar-refractivity contribution in [3.8, 4) is 0 Å². The summed E-state index contributed by atoms with van der Waals surface area (Å²) in [6, 6.07) is 0. The number of nitrogens with two attached hydrogens (primary N) is 1. The third kappa shape index (κ3) is 2.91. The van der Waals surface area contributed by atoms with Gasteiger partial charge < -0.3 is 5.73 Å². The van der Waals surface area contributed by atoms with E-state index in [9.17, 15) is 0 Å². The standard InChI is InChI=1S/C16H32N2/c1-4-8-16(13-17,14-6-7-14)18-11-5-9-15(2,3)10-12-18/h14H,4-13,17H2,1-3H3. The van der Waals surface area contributed by atoms with Gasteiger partial charge in [-0.25, -0.2) is 0 Å².